The molecule has 0 aliphatic heterocycles. The van der Waals surface area contributed by atoms with Crippen LogP contribution >= 0.6 is 0 Å². The van der Waals surface area contributed by atoms with Gasteiger partial charge in [-0.15, -0.1) is 0 Å². The molecule has 0 spiro atoms. The Morgan fingerprint density at radius 2 is 1.81 bits per heavy atom. The van der Waals surface area contributed by atoms with Crippen molar-refractivity contribution in [2.24, 2.45) is 35.3 Å². The Labute approximate surface area is 100 Å². The molecular formula is C15H27N. The fourth-order valence-electron chi connectivity index (χ4n) is 4.96. The zero-order chi connectivity index (χ0) is 11.0. The normalized spacial score (nSPS) is 40.7. The predicted octanol–water partition coefficient (Wildman–Crippen LogP) is 3.58. The van der Waals surface area contributed by atoms with Crippen LogP contribution in [0, 0.1) is 29.6 Å². The summed E-state index contributed by atoms with van der Waals surface area (Å²) in [5, 5.41) is 0. The van der Waals surface area contributed by atoms with Crippen molar-refractivity contribution < 1.29 is 0 Å². The van der Waals surface area contributed by atoms with E-state index in [4.69, 9.17) is 5.73 Å². The highest BCUT2D eigenvalue weighted by Crippen LogP contribution is 2.51. The minimum absolute atomic E-state index is 0.867. The summed E-state index contributed by atoms with van der Waals surface area (Å²) in [6.07, 6.45) is 13.6. The first-order valence-corrected chi connectivity index (χ1v) is 7.57. The zero-order valence-corrected chi connectivity index (χ0v) is 10.5. The lowest BCUT2D eigenvalue weighted by Gasteiger charge is -2.29. The molecule has 4 atom stereocenters. The Balaban J connectivity index is 1.55. The second-order valence-electron chi connectivity index (χ2n) is 6.71. The molecule has 3 rings (SSSR count). The highest BCUT2D eigenvalue weighted by atomic mass is 14.6. The van der Waals surface area contributed by atoms with Gasteiger partial charge in [-0.3, -0.25) is 0 Å². The molecule has 4 unspecified atom stereocenters. The van der Waals surface area contributed by atoms with Gasteiger partial charge < -0.3 is 5.73 Å². The van der Waals surface area contributed by atoms with E-state index in [0.717, 1.165) is 36.1 Å². The fourth-order valence-corrected chi connectivity index (χ4v) is 4.96. The van der Waals surface area contributed by atoms with Gasteiger partial charge >= 0.3 is 0 Å². The number of hydrogen-bond acceptors (Lipinski definition) is 1. The van der Waals surface area contributed by atoms with Crippen molar-refractivity contribution in [2.45, 2.75) is 57.8 Å². The molecular weight excluding hydrogens is 194 g/mol. The molecule has 0 radical (unpaired) electrons. The number of fused-ring (bicyclic) bond motifs is 2. The first kappa shape index (κ1) is 11.1. The average molecular weight is 221 g/mol. The first-order chi connectivity index (χ1) is 7.86. The third-order valence-electron chi connectivity index (χ3n) is 5.86. The van der Waals surface area contributed by atoms with Gasteiger partial charge in [-0.1, -0.05) is 32.1 Å². The van der Waals surface area contributed by atoms with Crippen molar-refractivity contribution in [1.82, 2.24) is 0 Å². The first-order valence-electron chi connectivity index (χ1n) is 7.57. The van der Waals surface area contributed by atoms with E-state index in [1.165, 1.54) is 44.9 Å². The molecule has 0 saturated heterocycles. The van der Waals surface area contributed by atoms with E-state index >= 15 is 0 Å². The highest BCUT2D eigenvalue weighted by Gasteiger charge is 2.40. The van der Waals surface area contributed by atoms with Crippen LogP contribution in [-0.2, 0) is 0 Å². The van der Waals surface area contributed by atoms with Gasteiger partial charge in [0.1, 0.15) is 0 Å². The number of rotatable bonds is 4. The molecule has 3 saturated carbocycles. The molecule has 0 aromatic rings. The molecule has 3 aliphatic rings. The SMILES string of the molecule is NCC(CC1CC2CCC1C2)C1CCCC1. The second-order valence-corrected chi connectivity index (χ2v) is 6.71. The Bertz CT molecular complexity index is 232. The zero-order valence-electron chi connectivity index (χ0n) is 10.5. The lowest BCUT2D eigenvalue weighted by atomic mass is 9.77. The molecule has 1 nitrogen and oxygen atoms in total. The van der Waals surface area contributed by atoms with Gasteiger partial charge in [0.05, 0.1) is 0 Å². The summed E-state index contributed by atoms with van der Waals surface area (Å²) in [5.41, 5.74) is 6.03. The van der Waals surface area contributed by atoms with Gasteiger partial charge in [-0.25, -0.2) is 0 Å². The standard InChI is InChI=1S/C15H27N/c16-10-15(12-3-1-2-4-12)9-14-8-11-5-6-13(14)7-11/h11-15H,1-10,16H2. The van der Waals surface area contributed by atoms with Gasteiger partial charge in [0.25, 0.3) is 0 Å². The quantitative estimate of drug-likeness (QED) is 0.771. The van der Waals surface area contributed by atoms with Gasteiger partial charge in [-0.2, -0.15) is 0 Å². The Kier molecular flexibility index (Phi) is 3.24. The summed E-state index contributed by atoms with van der Waals surface area (Å²) >= 11 is 0. The molecule has 0 aromatic carbocycles. The summed E-state index contributed by atoms with van der Waals surface area (Å²) < 4.78 is 0. The van der Waals surface area contributed by atoms with Crippen molar-refractivity contribution in [3.63, 3.8) is 0 Å². The topological polar surface area (TPSA) is 26.0 Å². The molecule has 1 heteroatoms. The van der Waals surface area contributed by atoms with Gasteiger partial charge in [-0.05, 0) is 61.8 Å². The van der Waals surface area contributed by atoms with E-state index in [1.54, 1.807) is 12.8 Å². The molecule has 2 N–H and O–H groups in total. The molecule has 3 aliphatic carbocycles. The Morgan fingerprint density at radius 3 is 2.38 bits per heavy atom. The predicted molar refractivity (Wildman–Crippen MR) is 68.1 cm³/mol. The highest BCUT2D eigenvalue weighted by molar-refractivity contribution is 4.92. The molecule has 0 aromatic heterocycles. The van der Waals surface area contributed by atoms with E-state index in [2.05, 4.69) is 0 Å². The summed E-state index contributed by atoms with van der Waals surface area (Å²) in [4.78, 5) is 0. The van der Waals surface area contributed by atoms with E-state index < -0.39 is 0 Å². The van der Waals surface area contributed by atoms with Crippen molar-refractivity contribution in [3.05, 3.63) is 0 Å². The second kappa shape index (κ2) is 4.68. The molecule has 0 amide bonds. The third kappa shape index (κ3) is 2.03. The van der Waals surface area contributed by atoms with Crippen LogP contribution in [0.1, 0.15) is 57.8 Å². The van der Waals surface area contributed by atoms with Crippen LogP contribution in [0.4, 0.5) is 0 Å². The number of nitrogens with two attached hydrogens (primary N) is 1. The minimum atomic E-state index is 0.867. The van der Waals surface area contributed by atoms with E-state index in [0.29, 0.717) is 0 Å². The maximum absolute atomic E-state index is 6.03. The molecule has 2 bridgehead atoms. The van der Waals surface area contributed by atoms with Crippen LogP contribution in [-0.4, -0.2) is 6.54 Å². The monoisotopic (exact) mass is 221 g/mol. The summed E-state index contributed by atoms with van der Waals surface area (Å²) in [6, 6.07) is 0. The average Bonchev–Trinajstić information content (AvgIpc) is 3.01. The number of hydrogen-bond donors (Lipinski definition) is 1. The minimum Gasteiger partial charge on any atom is -0.330 e. The van der Waals surface area contributed by atoms with Crippen LogP contribution < -0.4 is 5.73 Å². The maximum atomic E-state index is 6.03. The van der Waals surface area contributed by atoms with Crippen molar-refractivity contribution in [2.75, 3.05) is 6.54 Å². The smallest absolute Gasteiger partial charge is 0.00461 e. The largest absolute Gasteiger partial charge is 0.330 e. The summed E-state index contributed by atoms with van der Waals surface area (Å²) in [5.74, 6) is 5.13. The lowest BCUT2D eigenvalue weighted by molar-refractivity contribution is 0.222. The molecule has 3 fully saturated rings. The van der Waals surface area contributed by atoms with Crippen molar-refractivity contribution >= 4 is 0 Å². The maximum Gasteiger partial charge on any atom is -0.00461 e. The van der Waals surface area contributed by atoms with Gasteiger partial charge in [0.2, 0.25) is 0 Å². The van der Waals surface area contributed by atoms with E-state index in [1.807, 2.05) is 0 Å². The lowest BCUT2D eigenvalue weighted by Crippen LogP contribution is -2.26. The summed E-state index contributed by atoms with van der Waals surface area (Å²) in [6.45, 7) is 0.957. The van der Waals surface area contributed by atoms with E-state index in [-0.39, 0.29) is 0 Å². The Hall–Kier alpha value is -0.0400. The van der Waals surface area contributed by atoms with Crippen LogP contribution in [0.5, 0.6) is 0 Å². The Morgan fingerprint density at radius 1 is 1.00 bits per heavy atom. The molecule has 16 heavy (non-hydrogen) atoms. The van der Waals surface area contributed by atoms with Crippen LogP contribution in [0.3, 0.4) is 0 Å². The van der Waals surface area contributed by atoms with Crippen LogP contribution in [0.2, 0.25) is 0 Å². The molecule has 0 heterocycles. The van der Waals surface area contributed by atoms with Crippen LogP contribution in [0.25, 0.3) is 0 Å². The van der Waals surface area contributed by atoms with Crippen molar-refractivity contribution in [3.8, 4) is 0 Å². The summed E-state index contributed by atoms with van der Waals surface area (Å²) in [7, 11) is 0. The van der Waals surface area contributed by atoms with E-state index in [9.17, 15) is 0 Å². The van der Waals surface area contributed by atoms with Crippen molar-refractivity contribution in [1.29, 1.82) is 0 Å². The molecule has 92 valence electrons. The third-order valence-corrected chi connectivity index (χ3v) is 5.86. The fraction of sp³-hybridized carbons (Fsp3) is 1.00. The van der Waals surface area contributed by atoms with Gasteiger partial charge in [0, 0.05) is 0 Å². The van der Waals surface area contributed by atoms with Gasteiger partial charge in [0.15, 0.2) is 0 Å². The van der Waals surface area contributed by atoms with Crippen LogP contribution in [0.15, 0.2) is 0 Å².